The summed E-state index contributed by atoms with van der Waals surface area (Å²) in [6, 6.07) is 2.96. The van der Waals surface area contributed by atoms with E-state index in [1.165, 1.54) is 26.4 Å². The molecule has 0 saturated carbocycles. The van der Waals surface area contributed by atoms with Gasteiger partial charge in [-0.2, -0.15) is 0 Å². The summed E-state index contributed by atoms with van der Waals surface area (Å²) in [5.74, 6) is -1.27. The van der Waals surface area contributed by atoms with Crippen molar-refractivity contribution in [3.63, 3.8) is 0 Å². The predicted molar refractivity (Wildman–Crippen MR) is 68.7 cm³/mol. The molecule has 0 unspecified atom stereocenters. The van der Waals surface area contributed by atoms with Crippen LogP contribution in [0.2, 0.25) is 0 Å². The van der Waals surface area contributed by atoms with Gasteiger partial charge < -0.3 is 9.47 Å². The second kappa shape index (κ2) is 4.87. The van der Waals surface area contributed by atoms with Crippen LogP contribution in [-0.4, -0.2) is 26.2 Å². The average Bonchev–Trinajstić information content (AvgIpc) is 2.74. The minimum Gasteiger partial charge on any atom is -0.465 e. The van der Waals surface area contributed by atoms with Gasteiger partial charge in [0.1, 0.15) is 0 Å². The topological polar surface area (TPSA) is 69.7 Å². The van der Waals surface area contributed by atoms with Crippen LogP contribution in [0.25, 0.3) is 9.40 Å². The summed E-state index contributed by atoms with van der Waals surface area (Å²) in [4.78, 5) is 34.5. The molecule has 0 saturated heterocycles. The van der Waals surface area contributed by atoms with Gasteiger partial charge >= 0.3 is 11.9 Å². The monoisotopic (exact) mass is 284 g/mol. The van der Waals surface area contributed by atoms with Crippen LogP contribution in [0.1, 0.15) is 20.7 Å². The molecule has 0 radical (unpaired) electrons. The molecule has 7 heteroatoms. The van der Waals surface area contributed by atoms with Crippen molar-refractivity contribution in [2.45, 2.75) is 0 Å². The minimum absolute atomic E-state index is 0.0946. The van der Waals surface area contributed by atoms with E-state index in [-0.39, 0.29) is 15.2 Å². The van der Waals surface area contributed by atoms with E-state index < -0.39 is 11.9 Å². The van der Waals surface area contributed by atoms with Crippen molar-refractivity contribution in [1.29, 1.82) is 0 Å². The van der Waals surface area contributed by atoms with Crippen molar-refractivity contribution in [3.05, 3.63) is 32.1 Å². The maximum absolute atomic E-state index is 11.6. The Bertz CT molecular complexity index is 626. The molecule has 2 rings (SSSR count). The highest BCUT2D eigenvalue weighted by Crippen LogP contribution is 2.26. The molecule has 0 aliphatic carbocycles. The molecule has 5 nitrogen and oxygen atoms in total. The first-order valence-electron chi connectivity index (χ1n) is 4.81. The molecular weight excluding hydrogens is 276 g/mol. The van der Waals surface area contributed by atoms with Crippen LogP contribution in [0.5, 0.6) is 0 Å². The van der Waals surface area contributed by atoms with E-state index >= 15 is 0 Å². The highest BCUT2D eigenvalue weighted by atomic mass is 32.2. The first kappa shape index (κ1) is 12.7. The molecule has 2 aromatic rings. The summed E-state index contributed by atoms with van der Waals surface area (Å²) in [6.07, 6.45) is 0. The zero-order valence-electron chi connectivity index (χ0n) is 9.51. The molecular formula is C11H8O5S2. The first-order valence-corrected chi connectivity index (χ1v) is 6.44. The normalized spacial score (nSPS) is 10.3. The first-order chi connectivity index (χ1) is 8.56. The van der Waals surface area contributed by atoms with E-state index in [0.717, 1.165) is 22.7 Å². The molecule has 1 heterocycles. The van der Waals surface area contributed by atoms with E-state index in [4.69, 9.17) is 0 Å². The fourth-order valence-electron chi connectivity index (χ4n) is 1.48. The molecule has 0 aliphatic heterocycles. The molecule has 94 valence electrons. The smallest absolute Gasteiger partial charge is 0.338 e. The molecule has 18 heavy (non-hydrogen) atoms. The number of fused-ring (bicyclic) bond motifs is 1. The lowest BCUT2D eigenvalue weighted by Crippen LogP contribution is -2.11. The van der Waals surface area contributed by atoms with Crippen LogP contribution in [-0.2, 0) is 9.47 Å². The van der Waals surface area contributed by atoms with E-state index in [0.29, 0.717) is 9.40 Å². The Morgan fingerprint density at radius 2 is 1.33 bits per heavy atom. The Labute approximate surface area is 110 Å². The number of methoxy groups -OCH3 is 2. The third-order valence-electron chi connectivity index (χ3n) is 2.28. The summed E-state index contributed by atoms with van der Waals surface area (Å²) < 4.78 is 10.4. The van der Waals surface area contributed by atoms with Gasteiger partial charge in [-0.1, -0.05) is 22.7 Å². The number of rotatable bonds is 2. The average molecular weight is 284 g/mol. The second-order valence-corrected chi connectivity index (χ2v) is 5.57. The van der Waals surface area contributed by atoms with Gasteiger partial charge in [0.05, 0.1) is 25.3 Å². The minimum atomic E-state index is -0.636. The van der Waals surface area contributed by atoms with E-state index in [1.54, 1.807) is 0 Å². The summed E-state index contributed by atoms with van der Waals surface area (Å²) in [6.45, 7) is 0. The third-order valence-corrected chi connectivity index (χ3v) is 4.36. The molecule has 0 spiro atoms. The zero-order valence-corrected chi connectivity index (χ0v) is 11.1. The van der Waals surface area contributed by atoms with Crippen molar-refractivity contribution in [3.8, 4) is 0 Å². The van der Waals surface area contributed by atoms with Crippen LogP contribution in [0.4, 0.5) is 0 Å². The maximum Gasteiger partial charge on any atom is 0.338 e. The molecule has 0 N–H and O–H groups in total. The number of benzene rings is 1. The van der Waals surface area contributed by atoms with Crippen molar-refractivity contribution in [2.24, 2.45) is 0 Å². The predicted octanol–water partition coefficient (Wildman–Crippen LogP) is 1.90. The van der Waals surface area contributed by atoms with Gasteiger partial charge in [0.15, 0.2) is 0 Å². The summed E-state index contributed by atoms with van der Waals surface area (Å²) in [5.41, 5.74) is 0.205. The number of ether oxygens (including phenoxy) is 2. The molecule has 1 aromatic heterocycles. The summed E-state index contributed by atoms with van der Waals surface area (Å²) in [7, 11) is 2.45. The quantitative estimate of drug-likeness (QED) is 0.788. The second-order valence-electron chi connectivity index (χ2n) is 3.28. The van der Waals surface area contributed by atoms with Gasteiger partial charge in [-0.25, -0.2) is 9.59 Å². The fraction of sp³-hybridized carbons (Fsp3) is 0.182. The zero-order chi connectivity index (χ0) is 13.3. The third kappa shape index (κ3) is 2.14. The van der Waals surface area contributed by atoms with Crippen molar-refractivity contribution in [1.82, 2.24) is 0 Å². The number of hydrogen-bond donors (Lipinski definition) is 0. The highest BCUT2D eigenvalue weighted by molar-refractivity contribution is 7.35. The van der Waals surface area contributed by atoms with Crippen molar-refractivity contribution >= 4 is 44.0 Å². The lowest BCUT2D eigenvalue weighted by Gasteiger charge is -2.06. The standard InChI is InChI=1S/C11H8O5S2/c1-15-9(12)5-3-7-8(18-11(14)17-7)4-6(5)10(13)16-2/h3-4H,1-2H3. The Balaban J connectivity index is 2.74. The maximum atomic E-state index is 11.6. The van der Waals surface area contributed by atoms with Crippen LogP contribution >= 0.6 is 22.7 Å². The SMILES string of the molecule is COC(=O)c1cc2sc(=O)sc2cc1C(=O)OC. The Morgan fingerprint density at radius 1 is 0.944 bits per heavy atom. The van der Waals surface area contributed by atoms with Crippen LogP contribution < -0.4 is 4.06 Å². The molecule has 1 aromatic carbocycles. The Kier molecular flexibility index (Phi) is 3.44. The van der Waals surface area contributed by atoms with E-state index in [9.17, 15) is 14.4 Å². The number of carbonyl (C=O) groups is 2. The lowest BCUT2D eigenvalue weighted by molar-refractivity contribution is 0.0555. The van der Waals surface area contributed by atoms with Gasteiger partial charge in [0.2, 0.25) is 0 Å². The summed E-state index contributed by atoms with van der Waals surface area (Å²) >= 11 is 2.05. The van der Waals surface area contributed by atoms with E-state index in [2.05, 4.69) is 9.47 Å². The number of carbonyl (C=O) groups excluding carboxylic acids is 2. The van der Waals surface area contributed by atoms with Gasteiger partial charge in [-0.15, -0.1) is 0 Å². The van der Waals surface area contributed by atoms with Crippen LogP contribution in [0.15, 0.2) is 16.9 Å². The van der Waals surface area contributed by atoms with Crippen LogP contribution in [0, 0.1) is 0 Å². The molecule has 0 fully saturated rings. The summed E-state index contributed by atoms with van der Waals surface area (Å²) in [5, 5.41) is 0. The molecule has 0 bridgehead atoms. The van der Waals surface area contributed by atoms with Crippen LogP contribution in [0.3, 0.4) is 0 Å². The van der Waals surface area contributed by atoms with E-state index in [1.807, 2.05) is 0 Å². The van der Waals surface area contributed by atoms with Crippen molar-refractivity contribution in [2.75, 3.05) is 14.2 Å². The Morgan fingerprint density at radius 3 is 1.67 bits per heavy atom. The molecule has 0 aliphatic rings. The lowest BCUT2D eigenvalue weighted by atomic mass is 10.1. The van der Waals surface area contributed by atoms with Gasteiger partial charge in [-0.05, 0) is 12.1 Å². The molecule has 0 atom stereocenters. The van der Waals surface area contributed by atoms with Gasteiger partial charge in [0.25, 0.3) is 4.06 Å². The Hall–Kier alpha value is -1.73. The molecule has 0 amide bonds. The van der Waals surface area contributed by atoms with Gasteiger partial charge in [-0.3, -0.25) is 4.79 Å². The largest absolute Gasteiger partial charge is 0.465 e. The highest BCUT2D eigenvalue weighted by Gasteiger charge is 2.20. The number of esters is 2. The van der Waals surface area contributed by atoms with Crippen molar-refractivity contribution < 1.29 is 19.1 Å². The fourth-order valence-corrected chi connectivity index (χ4v) is 3.46. The number of hydrogen-bond acceptors (Lipinski definition) is 7. The van der Waals surface area contributed by atoms with Gasteiger partial charge in [0, 0.05) is 9.40 Å².